The Hall–Kier alpha value is -3.40. The van der Waals surface area contributed by atoms with E-state index in [1.807, 2.05) is 35.4 Å². The molecule has 1 amide bonds. The molecule has 2 aromatic carbocycles. The van der Waals surface area contributed by atoms with Gasteiger partial charge in [0.2, 0.25) is 0 Å². The van der Waals surface area contributed by atoms with E-state index < -0.39 is 5.50 Å². The maximum Gasteiger partial charge on any atom is 0.253 e. The number of anilines is 1. The molecule has 8 heteroatoms. The van der Waals surface area contributed by atoms with Crippen molar-refractivity contribution in [1.82, 2.24) is 15.5 Å². The molecule has 0 aliphatic carbocycles. The lowest BCUT2D eigenvalue weighted by atomic mass is 9.98. The van der Waals surface area contributed by atoms with Gasteiger partial charge in [-0.1, -0.05) is 41.4 Å². The van der Waals surface area contributed by atoms with Crippen molar-refractivity contribution in [3.05, 3.63) is 75.3 Å². The summed E-state index contributed by atoms with van der Waals surface area (Å²) in [6.07, 6.45) is 9.21. The number of nitrogens with one attached hydrogen (secondary N) is 3. The summed E-state index contributed by atoms with van der Waals surface area (Å²) in [7, 11) is 0. The third kappa shape index (κ3) is 5.17. The fourth-order valence-electron chi connectivity index (χ4n) is 4.71. The van der Waals surface area contributed by atoms with Crippen LogP contribution in [0.1, 0.15) is 18.4 Å². The van der Waals surface area contributed by atoms with Crippen molar-refractivity contribution in [1.29, 1.82) is 5.26 Å². The van der Waals surface area contributed by atoms with Crippen molar-refractivity contribution in [3.63, 3.8) is 0 Å². The van der Waals surface area contributed by atoms with E-state index in [0.717, 1.165) is 46.6 Å². The van der Waals surface area contributed by atoms with Crippen LogP contribution in [0.5, 0.6) is 0 Å². The Labute approximate surface area is 214 Å². The van der Waals surface area contributed by atoms with Crippen molar-refractivity contribution < 1.29 is 4.79 Å². The molecular formula is C27H25Cl2N5O. The molecular weight excluding hydrogens is 481 g/mol. The van der Waals surface area contributed by atoms with E-state index in [9.17, 15) is 10.1 Å². The molecule has 5 rings (SSSR count). The van der Waals surface area contributed by atoms with Crippen molar-refractivity contribution >= 4 is 47.1 Å². The summed E-state index contributed by atoms with van der Waals surface area (Å²) >= 11 is 12.2. The van der Waals surface area contributed by atoms with Crippen LogP contribution in [-0.2, 0) is 4.79 Å². The highest BCUT2D eigenvalue weighted by atomic mass is 35.5. The molecule has 1 saturated heterocycles. The summed E-state index contributed by atoms with van der Waals surface area (Å²) in [6.45, 7) is 2.08. The van der Waals surface area contributed by atoms with Gasteiger partial charge in [-0.25, -0.2) is 0 Å². The van der Waals surface area contributed by atoms with Crippen LogP contribution in [0.4, 0.5) is 5.69 Å². The largest absolute Gasteiger partial charge is 0.387 e. The van der Waals surface area contributed by atoms with E-state index in [0.29, 0.717) is 29.4 Å². The van der Waals surface area contributed by atoms with Gasteiger partial charge in [0.15, 0.2) is 0 Å². The van der Waals surface area contributed by atoms with Crippen LogP contribution in [0.15, 0.2) is 59.3 Å². The SMILES string of the molecule is N#Cc1cccc(-c2cc(NC3CCN(C(=O)C4=CC(Cl)NC(Cl)=C4)CC3)c3c(c2)=CCNC=3)c1. The van der Waals surface area contributed by atoms with E-state index >= 15 is 0 Å². The molecule has 3 N–H and O–H groups in total. The minimum absolute atomic E-state index is 0.0439. The molecule has 0 aromatic heterocycles. The molecule has 35 heavy (non-hydrogen) atoms. The first-order chi connectivity index (χ1) is 17.0. The number of dihydropyridines is 1. The molecule has 3 aliphatic heterocycles. The van der Waals surface area contributed by atoms with Gasteiger partial charge < -0.3 is 20.9 Å². The van der Waals surface area contributed by atoms with E-state index in [-0.39, 0.29) is 11.9 Å². The average Bonchev–Trinajstić information content (AvgIpc) is 2.88. The zero-order valence-corrected chi connectivity index (χ0v) is 20.5. The average molecular weight is 506 g/mol. The second-order valence-electron chi connectivity index (χ2n) is 8.85. The molecule has 178 valence electrons. The number of nitriles is 1. The maximum absolute atomic E-state index is 13.0. The Morgan fingerprint density at radius 2 is 2.00 bits per heavy atom. The van der Waals surface area contributed by atoms with Gasteiger partial charge in [-0.3, -0.25) is 4.79 Å². The number of likely N-dealkylation sites (tertiary alicyclic amines) is 1. The number of halogens is 2. The molecule has 0 spiro atoms. The fraction of sp³-hybridized carbons (Fsp3) is 0.259. The number of carbonyl (C=O) groups is 1. The van der Waals surface area contributed by atoms with E-state index in [1.54, 1.807) is 12.2 Å². The van der Waals surface area contributed by atoms with Crippen LogP contribution < -0.4 is 26.4 Å². The quantitative estimate of drug-likeness (QED) is 0.439. The molecule has 3 heterocycles. The van der Waals surface area contributed by atoms with Gasteiger partial charge in [-0.2, -0.15) is 5.26 Å². The van der Waals surface area contributed by atoms with Crippen molar-refractivity contribution in [2.75, 3.05) is 25.0 Å². The predicted octanol–water partition coefficient (Wildman–Crippen LogP) is 2.92. The molecule has 0 radical (unpaired) electrons. The van der Waals surface area contributed by atoms with Gasteiger partial charge in [0.1, 0.15) is 10.7 Å². The molecule has 6 nitrogen and oxygen atoms in total. The lowest BCUT2D eigenvalue weighted by Crippen LogP contribution is -2.44. The van der Waals surface area contributed by atoms with Gasteiger partial charge in [0, 0.05) is 48.4 Å². The van der Waals surface area contributed by atoms with Gasteiger partial charge in [0.25, 0.3) is 5.91 Å². The Bertz CT molecular complexity index is 1380. The monoisotopic (exact) mass is 505 g/mol. The highest BCUT2D eigenvalue weighted by Gasteiger charge is 2.26. The molecule has 0 saturated carbocycles. The number of benzene rings is 2. The standard InChI is InChI=1S/C27H25Cl2N5O/c28-25-13-21(14-26(29)33-25)27(35)34-8-5-22(6-9-34)32-24-12-20(11-19-4-7-31-16-23(19)24)18-3-1-2-17(10-18)15-30/h1-4,10-14,16,22,25,31-33H,5-9H2. The van der Waals surface area contributed by atoms with Gasteiger partial charge >= 0.3 is 0 Å². The van der Waals surface area contributed by atoms with Crippen LogP contribution in [0.25, 0.3) is 23.4 Å². The summed E-state index contributed by atoms with van der Waals surface area (Å²) in [4.78, 5) is 14.8. The van der Waals surface area contributed by atoms with Gasteiger partial charge in [-0.05, 0) is 65.6 Å². The molecule has 1 atom stereocenters. The molecule has 1 unspecified atom stereocenters. The Morgan fingerprint density at radius 3 is 2.77 bits per heavy atom. The number of alkyl halides is 1. The number of piperidine rings is 1. The molecule has 3 aliphatic rings. The first kappa shape index (κ1) is 23.3. The first-order valence-corrected chi connectivity index (χ1v) is 12.5. The summed E-state index contributed by atoms with van der Waals surface area (Å²) in [6, 6.07) is 14.5. The molecule has 0 bridgehead atoms. The number of hydrogen-bond acceptors (Lipinski definition) is 5. The van der Waals surface area contributed by atoms with Crippen LogP contribution in [0, 0.1) is 11.3 Å². The molecule has 1 fully saturated rings. The highest BCUT2D eigenvalue weighted by molar-refractivity contribution is 6.31. The number of fused-ring (bicyclic) bond motifs is 1. The van der Waals surface area contributed by atoms with E-state index in [2.05, 4.69) is 40.2 Å². The summed E-state index contributed by atoms with van der Waals surface area (Å²) in [5.74, 6) is -0.0439. The van der Waals surface area contributed by atoms with E-state index in [1.165, 1.54) is 0 Å². The normalized spacial score (nSPS) is 19.5. The lowest BCUT2D eigenvalue weighted by molar-refractivity contribution is -0.127. The zero-order valence-electron chi connectivity index (χ0n) is 19.0. The fourth-order valence-corrected chi connectivity index (χ4v) is 5.25. The number of nitrogens with zero attached hydrogens (tertiary/aromatic N) is 2. The van der Waals surface area contributed by atoms with E-state index in [4.69, 9.17) is 23.2 Å². The van der Waals surface area contributed by atoms with Crippen molar-refractivity contribution in [2.45, 2.75) is 24.4 Å². The Balaban J connectivity index is 1.34. The number of hydrogen-bond donors (Lipinski definition) is 3. The lowest BCUT2D eigenvalue weighted by Gasteiger charge is -2.34. The van der Waals surface area contributed by atoms with Crippen molar-refractivity contribution in [3.8, 4) is 17.2 Å². The maximum atomic E-state index is 13.0. The highest BCUT2D eigenvalue weighted by Crippen LogP contribution is 2.24. The second kappa shape index (κ2) is 10.1. The van der Waals surface area contributed by atoms with Crippen LogP contribution in [0.2, 0.25) is 0 Å². The number of rotatable bonds is 4. The van der Waals surface area contributed by atoms with Gasteiger partial charge in [-0.15, -0.1) is 0 Å². The first-order valence-electron chi connectivity index (χ1n) is 11.6. The predicted molar refractivity (Wildman–Crippen MR) is 141 cm³/mol. The second-order valence-corrected chi connectivity index (χ2v) is 9.72. The topological polar surface area (TPSA) is 80.2 Å². The summed E-state index contributed by atoms with van der Waals surface area (Å²) in [5, 5.41) is 21.9. The third-order valence-corrected chi connectivity index (χ3v) is 6.95. The third-order valence-electron chi connectivity index (χ3n) is 6.50. The smallest absolute Gasteiger partial charge is 0.253 e. The van der Waals surface area contributed by atoms with Crippen LogP contribution in [-0.4, -0.2) is 42.0 Å². The number of amides is 1. The summed E-state index contributed by atoms with van der Waals surface area (Å²) in [5.41, 5.74) is 3.82. The van der Waals surface area contributed by atoms with Crippen molar-refractivity contribution in [2.24, 2.45) is 0 Å². The number of carbonyl (C=O) groups excluding carboxylic acids is 1. The Kier molecular flexibility index (Phi) is 6.72. The minimum Gasteiger partial charge on any atom is -0.387 e. The van der Waals surface area contributed by atoms with Gasteiger partial charge in [0.05, 0.1) is 11.6 Å². The summed E-state index contributed by atoms with van der Waals surface area (Å²) < 4.78 is 0. The van der Waals surface area contributed by atoms with Crippen LogP contribution >= 0.6 is 23.2 Å². The Morgan fingerprint density at radius 1 is 1.17 bits per heavy atom. The van der Waals surface area contributed by atoms with Crippen LogP contribution in [0.3, 0.4) is 0 Å². The zero-order chi connectivity index (χ0) is 24.4. The molecule has 2 aromatic rings. The minimum atomic E-state index is -0.486.